The van der Waals surface area contributed by atoms with E-state index in [0.29, 0.717) is 22.8 Å². The Morgan fingerprint density at radius 1 is 1.15 bits per heavy atom. The number of halogens is 2. The fourth-order valence-electron chi connectivity index (χ4n) is 2.73. The molecule has 144 valence electrons. The van der Waals surface area contributed by atoms with Gasteiger partial charge in [-0.05, 0) is 56.2 Å². The third-order valence-electron chi connectivity index (χ3n) is 4.06. The van der Waals surface area contributed by atoms with Crippen LogP contribution in [0.2, 0.25) is 5.02 Å². The van der Waals surface area contributed by atoms with Gasteiger partial charge in [0.25, 0.3) is 0 Å². The van der Waals surface area contributed by atoms with Crippen molar-refractivity contribution >= 4 is 39.2 Å². The number of hydrogen-bond acceptors (Lipinski definition) is 3. The Morgan fingerprint density at radius 3 is 2.37 bits per heavy atom. The SMILES string of the molecule is CNC(=O)C(CC(=O)c1ccc(OC(C)C)c(Cl)c1)Cc1ccc(Br)cc1. The lowest BCUT2D eigenvalue weighted by molar-refractivity contribution is -0.124. The van der Waals surface area contributed by atoms with Crippen molar-refractivity contribution in [3.05, 3.63) is 63.1 Å². The van der Waals surface area contributed by atoms with Crippen molar-refractivity contribution in [2.75, 3.05) is 7.05 Å². The van der Waals surface area contributed by atoms with Crippen molar-refractivity contribution in [2.45, 2.75) is 32.8 Å². The zero-order valence-corrected chi connectivity index (χ0v) is 17.9. The van der Waals surface area contributed by atoms with E-state index in [9.17, 15) is 9.59 Å². The molecule has 0 aliphatic carbocycles. The normalized spacial score (nSPS) is 11.9. The van der Waals surface area contributed by atoms with Crippen LogP contribution in [0.1, 0.15) is 36.2 Å². The molecule has 0 aliphatic rings. The molecule has 1 amide bonds. The summed E-state index contributed by atoms with van der Waals surface area (Å²) in [6.07, 6.45) is 0.588. The topological polar surface area (TPSA) is 55.4 Å². The maximum absolute atomic E-state index is 12.7. The number of carbonyl (C=O) groups excluding carboxylic acids is 2. The van der Waals surface area contributed by atoms with E-state index in [-0.39, 0.29) is 24.2 Å². The summed E-state index contributed by atoms with van der Waals surface area (Å²) >= 11 is 9.62. The fraction of sp³-hybridized carbons (Fsp3) is 0.333. The third kappa shape index (κ3) is 6.36. The smallest absolute Gasteiger partial charge is 0.223 e. The van der Waals surface area contributed by atoms with Crippen LogP contribution in [0.5, 0.6) is 5.75 Å². The highest BCUT2D eigenvalue weighted by Gasteiger charge is 2.23. The molecular formula is C21H23BrClNO3. The van der Waals surface area contributed by atoms with Crippen molar-refractivity contribution in [2.24, 2.45) is 5.92 Å². The molecule has 0 heterocycles. The van der Waals surface area contributed by atoms with Crippen molar-refractivity contribution in [3.8, 4) is 5.75 Å². The van der Waals surface area contributed by atoms with Crippen LogP contribution in [0.4, 0.5) is 0 Å². The van der Waals surface area contributed by atoms with E-state index in [0.717, 1.165) is 10.0 Å². The van der Waals surface area contributed by atoms with Crippen molar-refractivity contribution < 1.29 is 14.3 Å². The van der Waals surface area contributed by atoms with Crippen LogP contribution in [-0.2, 0) is 11.2 Å². The highest BCUT2D eigenvalue weighted by atomic mass is 79.9. The summed E-state index contributed by atoms with van der Waals surface area (Å²) in [7, 11) is 1.58. The first-order valence-electron chi connectivity index (χ1n) is 8.75. The minimum atomic E-state index is -0.450. The minimum absolute atomic E-state index is 0.00686. The zero-order chi connectivity index (χ0) is 20.0. The number of Topliss-reactive ketones (excluding diaryl/α,β-unsaturated/α-hetero) is 1. The van der Waals surface area contributed by atoms with Gasteiger partial charge in [-0.1, -0.05) is 39.7 Å². The van der Waals surface area contributed by atoms with Gasteiger partial charge in [0.1, 0.15) is 5.75 Å². The molecule has 1 atom stereocenters. The molecule has 0 aromatic heterocycles. The number of rotatable bonds is 8. The Kier molecular flexibility index (Phi) is 7.87. The number of benzene rings is 2. The van der Waals surface area contributed by atoms with E-state index >= 15 is 0 Å². The van der Waals surface area contributed by atoms with Crippen LogP contribution in [0.25, 0.3) is 0 Å². The molecule has 0 aliphatic heterocycles. The predicted octanol–water partition coefficient (Wildman–Crippen LogP) is 5.07. The van der Waals surface area contributed by atoms with Crippen LogP contribution < -0.4 is 10.1 Å². The van der Waals surface area contributed by atoms with Crippen molar-refractivity contribution in [3.63, 3.8) is 0 Å². The Balaban J connectivity index is 2.14. The van der Waals surface area contributed by atoms with Gasteiger partial charge in [-0.2, -0.15) is 0 Å². The second-order valence-electron chi connectivity index (χ2n) is 6.58. The number of hydrogen-bond donors (Lipinski definition) is 1. The number of nitrogens with one attached hydrogen (secondary N) is 1. The van der Waals surface area contributed by atoms with E-state index < -0.39 is 5.92 Å². The van der Waals surface area contributed by atoms with E-state index in [4.69, 9.17) is 16.3 Å². The summed E-state index contributed by atoms with van der Waals surface area (Å²) in [5.74, 6) is -0.189. The fourth-order valence-corrected chi connectivity index (χ4v) is 3.22. The summed E-state index contributed by atoms with van der Waals surface area (Å²) in [6, 6.07) is 12.7. The molecule has 0 bridgehead atoms. The standard InChI is InChI=1S/C21H23BrClNO3/c1-13(2)27-20-9-6-15(11-18(20)23)19(25)12-16(21(26)24-3)10-14-4-7-17(22)8-5-14/h4-9,11,13,16H,10,12H2,1-3H3,(H,24,26). The zero-order valence-electron chi connectivity index (χ0n) is 15.6. The minimum Gasteiger partial charge on any atom is -0.489 e. The van der Waals surface area contributed by atoms with Crippen LogP contribution in [0, 0.1) is 5.92 Å². The number of ether oxygens (including phenoxy) is 1. The molecule has 0 saturated heterocycles. The van der Waals surface area contributed by atoms with Gasteiger partial charge in [-0.15, -0.1) is 0 Å². The van der Waals surface area contributed by atoms with Crippen LogP contribution in [0.3, 0.4) is 0 Å². The molecule has 0 spiro atoms. The first-order valence-corrected chi connectivity index (χ1v) is 9.92. The van der Waals surface area contributed by atoms with Crippen LogP contribution in [0.15, 0.2) is 46.9 Å². The van der Waals surface area contributed by atoms with Gasteiger partial charge < -0.3 is 10.1 Å². The second kappa shape index (κ2) is 9.90. The Hall–Kier alpha value is -1.85. The third-order valence-corrected chi connectivity index (χ3v) is 4.88. The maximum Gasteiger partial charge on any atom is 0.223 e. The second-order valence-corrected chi connectivity index (χ2v) is 7.90. The van der Waals surface area contributed by atoms with Crippen LogP contribution >= 0.6 is 27.5 Å². The summed E-state index contributed by atoms with van der Waals surface area (Å²) in [5.41, 5.74) is 1.47. The lowest BCUT2D eigenvalue weighted by Gasteiger charge is -2.16. The average Bonchev–Trinajstić information content (AvgIpc) is 2.63. The van der Waals surface area contributed by atoms with Gasteiger partial charge in [0, 0.05) is 29.4 Å². The average molecular weight is 453 g/mol. The molecular weight excluding hydrogens is 430 g/mol. The molecule has 0 saturated carbocycles. The number of carbonyl (C=O) groups is 2. The van der Waals surface area contributed by atoms with E-state index in [1.807, 2.05) is 38.1 Å². The highest BCUT2D eigenvalue weighted by Crippen LogP contribution is 2.28. The first-order chi connectivity index (χ1) is 12.8. The summed E-state index contributed by atoms with van der Waals surface area (Å²) in [6.45, 7) is 3.82. The van der Waals surface area contributed by atoms with Gasteiger partial charge in [-0.3, -0.25) is 9.59 Å². The van der Waals surface area contributed by atoms with E-state index in [1.165, 1.54) is 0 Å². The largest absolute Gasteiger partial charge is 0.489 e. The summed E-state index contributed by atoms with van der Waals surface area (Å²) in [5, 5.41) is 3.04. The van der Waals surface area contributed by atoms with Gasteiger partial charge in [-0.25, -0.2) is 0 Å². The van der Waals surface area contributed by atoms with Gasteiger partial charge in [0.2, 0.25) is 5.91 Å². The van der Waals surface area contributed by atoms with E-state index in [2.05, 4.69) is 21.2 Å². The van der Waals surface area contributed by atoms with Crippen LogP contribution in [-0.4, -0.2) is 24.8 Å². The molecule has 6 heteroatoms. The highest BCUT2D eigenvalue weighted by molar-refractivity contribution is 9.10. The van der Waals surface area contributed by atoms with Gasteiger partial charge >= 0.3 is 0 Å². The molecule has 4 nitrogen and oxygen atoms in total. The quantitative estimate of drug-likeness (QED) is 0.569. The molecule has 2 aromatic rings. The number of ketones is 1. The Labute approximate surface area is 173 Å². The maximum atomic E-state index is 12.7. The van der Waals surface area contributed by atoms with E-state index in [1.54, 1.807) is 25.2 Å². The molecule has 2 aromatic carbocycles. The monoisotopic (exact) mass is 451 g/mol. The van der Waals surface area contributed by atoms with Crippen molar-refractivity contribution in [1.29, 1.82) is 0 Å². The molecule has 27 heavy (non-hydrogen) atoms. The molecule has 0 fully saturated rings. The molecule has 2 rings (SSSR count). The van der Waals surface area contributed by atoms with Crippen molar-refractivity contribution in [1.82, 2.24) is 5.32 Å². The number of amides is 1. The predicted molar refractivity (Wildman–Crippen MR) is 112 cm³/mol. The summed E-state index contributed by atoms with van der Waals surface area (Å²) in [4.78, 5) is 25.0. The first kappa shape index (κ1) is 21.5. The molecule has 1 unspecified atom stereocenters. The molecule has 0 radical (unpaired) electrons. The van der Waals surface area contributed by atoms with Gasteiger partial charge in [0.15, 0.2) is 5.78 Å². The Bertz CT molecular complexity index is 806. The summed E-state index contributed by atoms with van der Waals surface area (Å²) < 4.78 is 6.56. The molecule has 1 N–H and O–H groups in total. The lowest BCUT2D eigenvalue weighted by atomic mass is 9.91. The van der Waals surface area contributed by atoms with Gasteiger partial charge in [0.05, 0.1) is 11.1 Å². The lowest BCUT2D eigenvalue weighted by Crippen LogP contribution is -2.30. The Morgan fingerprint density at radius 2 is 1.81 bits per heavy atom.